The van der Waals surface area contributed by atoms with Gasteiger partial charge in [0.1, 0.15) is 5.75 Å². The summed E-state index contributed by atoms with van der Waals surface area (Å²) in [4.78, 5) is 3.72. The third-order valence-corrected chi connectivity index (χ3v) is 5.95. The van der Waals surface area contributed by atoms with E-state index in [0.717, 1.165) is 28.9 Å². The average Bonchev–Trinajstić information content (AvgIpc) is 2.78. The first-order valence-corrected chi connectivity index (χ1v) is 12.9. The van der Waals surface area contributed by atoms with Gasteiger partial charge in [0.25, 0.3) is 0 Å². The standard InChI is InChI=1S/C16H28N2O.C7H7BrS.C2H6/c1-6-15(18(4)7-2)11-13(3)17-14-9-8-10-16(12-14)19-5;1-9-7-4-2-3-6(8)5-7;1-2/h8-10,12-13,15,17H,6-7,11H2,1-5H3;2-5H,1H3;1-2H3. The summed E-state index contributed by atoms with van der Waals surface area (Å²) < 4.78 is 6.39. The van der Waals surface area contributed by atoms with E-state index in [2.05, 4.69) is 78.4 Å². The second-order valence-corrected chi connectivity index (χ2v) is 8.61. The Labute approximate surface area is 198 Å². The minimum atomic E-state index is 0.450. The Kier molecular flexibility index (Phi) is 16.8. The van der Waals surface area contributed by atoms with Gasteiger partial charge in [-0.2, -0.15) is 0 Å². The molecular weight excluding hydrogens is 456 g/mol. The van der Waals surface area contributed by atoms with Gasteiger partial charge in [-0.05, 0) is 69.9 Å². The van der Waals surface area contributed by atoms with Crippen LogP contribution in [-0.2, 0) is 0 Å². The molecule has 2 aromatic rings. The second-order valence-electron chi connectivity index (χ2n) is 6.81. The van der Waals surface area contributed by atoms with Gasteiger partial charge in [-0.1, -0.05) is 55.8 Å². The van der Waals surface area contributed by atoms with Crippen LogP contribution in [-0.4, -0.2) is 43.9 Å². The molecule has 0 bridgehead atoms. The van der Waals surface area contributed by atoms with Gasteiger partial charge in [-0.25, -0.2) is 0 Å². The number of nitrogens with one attached hydrogen (secondary N) is 1. The number of anilines is 1. The molecule has 0 aliphatic carbocycles. The van der Waals surface area contributed by atoms with Gasteiger partial charge in [-0.3, -0.25) is 0 Å². The number of nitrogens with zero attached hydrogens (tertiary/aromatic N) is 1. The minimum Gasteiger partial charge on any atom is -0.497 e. The van der Waals surface area contributed by atoms with Crippen LogP contribution in [0.3, 0.4) is 0 Å². The Morgan fingerprint density at radius 3 is 2.27 bits per heavy atom. The largest absolute Gasteiger partial charge is 0.497 e. The first-order chi connectivity index (χ1) is 14.4. The van der Waals surface area contributed by atoms with E-state index in [1.807, 2.05) is 44.2 Å². The van der Waals surface area contributed by atoms with Crippen LogP contribution in [0, 0.1) is 0 Å². The van der Waals surface area contributed by atoms with E-state index in [9.17, 15) is 0 Å². The zero-order valence-corrected chi connectivity index (χ0v) is 22.4. The summed E-state index contributed by atoms with van der Waals surface area (Å²) in [7, 11) is 3.90. The zero-order chi connectivity index (χ0) is 22.9. The summed E-state index contributed by atoms with van der Waals surface area (Å²) >= 11 is 5.14. The van der Waals surface area contributed by atoms with E-state index in [1.165, 1.54) is 11.3 Å². The average molecular weight is 498 g/mol. The lowest BCUT2D eigenvalue weighted by Crippen LogP contribution is -2.35. The molecule has 2 aromatic carbocycles. The highest BCUT2D eigenvalue weighted by atomic mass is 79.9. The molecule has 0 saturated carbocycles. The molecule has 0 fully saturated rings. The second kappa shape index (κ2) is 17.5. The molecule has 0 heterocycles. The molecule has 1 N–H and O–H groups in total. The van der Waals surface area contributed by atoms with E-state index in [-0.39, 0.29) is 0 Å². The fraction of sp³-hybridized carbons (Fsp3) is 0.520. The van der Waals surface area contributed by atoms with Crippen molar-refractivity contribution in [3.8, 4) is 5.75 Å². The third-order valence-electron chi connectivity index (χ3n) is 4.73. The maximum atomic E-state index is 5.25. The molecule has 2 unspecified atom stereocenters. The maximum absolute atomic E-state index is 5.25. The van der Waals surface area contributed by atoms with Crippen LogP contribution in [0.5, 0.6) is 5.75 Å². The van der Waals surface area contributed by atoms with Crippen molar-refractivity contribution in [3.05, 3.63) is 53.0 Å². The van der Waals surface area contributed by atoms with Gasteiger partial charge in [-0.15, -0.1) is 11.8 Å². The molecule has 2 atom stereocenters. The van der Waals surface area contributed by atoms with Crippen molar-refractivity contribution in [2.45, 2.75) is 64.4 Å². The van der Waals surface area contributed by atoms with Crippen LogP contribution in [0.2, 0.25) is 0 Å². The van der Waals surface area contributed by atoms with Crippen molar-refractivity contribution >= 4 is 33.4 Å². The van der Waals surface area contributed by atoms with E-state index in [1.54, 1.807) is 18.9 Å². The summed E-state index contributed by atoms with van der Waals surface area (Å²) in [6, 6.07) is 17.5. The molecule has 0 radical (unpaired) electrons. The summed E-state index contributed by atoms with van der Waals surface area (Å²) in [6.07, 6.45) is 4.41. The Morgan fingerprint density at radius 2 is 1.77 bits per heavy atom. The zero-order valence-electron chi connectivity index (χ0n) is 20.0. The Hall–Kier alpha value is -1.17. The molecular formula is C25H41BrN2OS. The molecule has 0 amide bonds. The monoisotopic (exact) mass is 496 g/mol. The fourth-order valence-electron chi connectivity index (χ4n) is 2.97. The van der Waals surface area contributed by atoms with Crippen LogP contribution >= 0.6 is 27.7 Å². The predicted octanol–water partition coefficient (Wildman–Crippen LogP) is 7.81. The van der Waals surface area contributed by atoms with Crippen molar-refractivity contribution in [3.63, 3.8) is 0 Å². The molecule has 0 spiro atoms. The molecule has 2 rings (SSSR count). The van der Waals surface area contributed by atoms with Crippen molar-refractivity contribution in [2.24, 2.45) is 0 Å². The van der Waals surface area contributed by atoms with Gasteiger partial charge < -0.3 is 15.0 Å². The smallest absolute Gasteiger partial charge is 0.120 e. The van der Waals surface area contributed by atoms with E-state index in [4.69, 9.17) is 4.74 Å². The number of ether oxygens (including phenoxy) is 1. The van der Waals surface area contributed by atoms with Crippen molar-refractivity contribution in [2.75, 3.05) is 32.3 Å². The normalized spacial score (nSPS) is 12.1. The van der Waals surface area contributed by atoms with E-state index < -0.39 is 0 Å². The highest BCUT2D eigenvalue weighted by molar-refractivity contribution is 9.10. The maximum Gasteiger partial charge on any atom is 0.120 e. The summed E-state index contributed by atoms with van der Waals surface area (Å²) in [6.45, 7) is 11.8. The number of rotatable bonds is 9. The number of hydrogen-bond donors (Lipinski definition) is 1. The topological polar surface area (TPSA) is 24.5 Å². The lowest BCUT2D eigenvalue weighted by molar-refractivity contribution is 0.229. The number of thioether (sulfide) groups is 1. The van der Waals surface area contributed by atoms with Crippen LogP contribution in [0.15, 0.2) is 57.9 Å². The minimum absolute atomic E-state index is 0.450. The SMILES string of the molecule is CC.CCC(CC(C)Nc1cccc(OC)c1)N(C)CC.CSc1cccc(Br)c1. The van der Waals surface area contributed by atoms with Crippen molar-refractivity contribution < 1.29 is 4.74 Å². The highest BCUT2D eigenvalue weighted by Crippen LogP contribution is 2.20. The van der Waals surface area contributed by atoms with Crippen LogP contribution in [0.25, 0.3) is 0 Å². The number of benzene rings is 2. The van der Waals surface area contributed by atoms with Gasteiger partial charge in [0.2, 0.25) is 0 Å². The molecule has 3 nitrogen and oxygen atoms in total. The highest BCUT2D eigenvalue weighted by Gasteiger charge is 2.15. The lowest BCUT2D eigenvalue weighted by Gasteiger charge is -2.29. The predicted molar refractivity (Wildman–Crippen MR) is 140 cm³/mol. The Bertz CT molecular complexity index is 684. The first-order valence-electron chi connectivity index (χ1n) is 10.8. The van der Waals surface area contributed by atoms with E-state index >= 15 is 0 Å². The quantitative estimate of drug-likeness (QED) is 0.357. The van der Waals surface area contributed by atoms with Gasteiger partial charge >= 0.3 is 0 Å². The lowest BCUT2D eigenvalue weighted by atomic mass is 10.0. The first kappa shape index (κ1) is 28.8. The summed E-state index contributed by atoms with van der Waals surface area (Å²) in [5.41, 5.74) is 1.13. The summed E-state index contributed by atoms with van der Waals surface area (Å²) in [5, 5.41) is 3.55. The van der Waals surface area contributed by atoms with E-state index in [0.29, 0.717) is 12.1 Å². The summed E-state index contributed by atoms with van der Waals surface area (Å²) in [5.74, 6) is 0.898. The van der Waals surface area contributed by atoms with Crippen molar-refractivity contribution in [1.29, 1.82) is 0 Å². The molecule has 0 aliphatic rings. The fourth-order valence-corrected chi connectivity index (χ4v) is 3.99. The molecule has 30 heavy (non-hydrogen) atoms. The third kappa shape index (κ3) is 11.9. The Morgan fingerprint density at radius 1 is 1.10 bits per heavy atom. The van der Waals surface area contributed by atoms with Crippen LogP contribution in [0.4, 0.5) is 5.69 Å². The molecule has 0 aromatic heterocycles. The molecule has 0 aliphatic heterocycles. The van der Waals surface area contributed by atoms with Crippen LogP contribution < -0.4 is 10.1 Å². The van der Waals surface area contributed by atoms with Crippen molar-refractivity contribution in [1.82, 2.24) is 4.90 Å². The molecule has 5 heteroatoms. The van der Waals surface area contributed by atoms with Gasteiger partial charge in [0, 0.05) is 33.2 Å². The van der Waals surface area contributed by atoms with Gasteiger partial charge in [0.15, 0.2) is 0 Å². The van der Waals surface area contributed by atoms with Gasteiger partial charge in [0.05, 0.1) is 7.11 Å². The number of methoxy groups -OCH3 is 1. The molecule has 170 valence electrons. The number of hydrogen-bond acceptors (Lipinski definition) is 4. The number of halogens is 1. The Balaban J connectivity index is 0.000000636. The molecule has 0 saturated heterocycles. The van der Waals surface area contributed by atoms with Crippen LogP contribution in [0.1, 0.15) is 47.5 Å².